The Hall–Kier alpha value is -2.36. The quantitative estimate of drug-likeness (QED) is 0.872. The molecule has 1 fully saturated rings. The number of carbonyl (C=O) groups excluding carboxylic acids is 2. The lowest BCUT2D eigenvalue weighted by atomic mass is 9.86. The second kappa shape index (κ2) is 7.47. The largest absolute Gasteiger partial charge is 0.452 e. The van der Waals surface area contributed by atoms with E-state index in [-0.39, 0.29) is 18.6 Å². The minimum absolute atomic E-state index is 0.200. The molecule has 0 saturated heterocycles. The van der Waals surface area contributed by atoms with E-state index in [1.165, 1.54) is 6.42 Å². The third-order valence-electron chi connectivity index (χ3n) is 4.78. The first-order valence-electron chi connectivity index (χ1n) is 8.59. The summed E-state index contributed by atoms with van der Waals surface area (Å²) in [5.41, 5.74) is 0.465. The fourth-order valence-electron chi connectivity index (χ4n) is 3.31. The summed E-state index contributed by atoms with van der Waals surface area (Å²) in [5, 5.41) is 5.04. The van der Waals surface area contributed by atoms with Crippen molar-refractivity contribution in [2.75, 3.05) is 6.61 Å². The van der Waals surface area contributed by atoms with Crippen LogP contribution in [0.5, 0.6) is 0 Å². The van der Waals surface area contributed by atoms with Crippen LogP contribution in [0.3, 0.4) is 0 Å². The molecule has 2 aromatic rings. The lowest BCUT2D eigenvalue weighted by molar-refractivity contribution is -0.125. The summed E-state index contributed by atoms with van der Waals surface area (Å²) < 4.78 is 5.16. The summed E-state index contributed by atoms with van der Waals surface area (Å²) in [7, 11) is 0. The molecule has 0 bridgehead atoms. The molecule has 0 radical (unpaired) electrons. The normalized spacial score (nSPS) is 20.5. The topological polar surface area (TPSA) is 55.4 Å². The SMILES string of the molecule is C[C@@H]1CCCC[C@@H]1NC(=O)COC(=O)c1ccc2ccccc2c1. The predicted molar refractivity (Wildman–Crippen MR) is 93.8 cm³/mol. The highest BCUT2D eigenvalue weighted by Gasteiger charge is 2.23. The number of ether oxygens (including phenoxy) is 1. The Morgan fingerprint density at radius 3 is 2.62 bits per heavy atom. The van der Waals surface area contributed by atoms with Crippen molar-refractivity contribution >= 4 is 22.6 Å². The molecule has 0 aromatic heterocycles. The van der Waals surface area contributed by atoms with E-state index in [0.29, 0.717) is 11.5 Å². The number of carbonyl (C=O) groups is 2. The van der Waals surface area contributed by atoms with Gasteiger partial charge in [0.25, 0.3) is 5.91 Å². The molecule has 3 rings (SSSR count). The Kier molecular flexibility index (Phi) is 5.14. The minimum atomic E-state index is -0.465. The van der Waals surface area contributed by atoms with E-state index >= 15 is 0 Å². The van der Waals surface area contributed by atoms with Crippen LogP contribution >= 0.6 is 0 Å². The van der Waals surface area contributed by atoms with Crippen LogP contribution in [0.4, 0.5) is 0 Å². The van der Waals surface area contributed by atoms with Crippen LogP contribution in [0.15, 0.2) is 42.5 Å². The lowest BCUT2D eigenvalue weighted by Gasteiger charge is -2.29. The van der Waals surface area contributed by atoms with Gasteiger partial charge in [-0.2, -0.15) is 0 Å². The average molecular weight is 325 g/mol. The van der Waals surface area contributed by atoms with Gasteiger partial charge in [0.1, 0.15) is 0 Å². The lowest BCUT2D eigenvalue weighted by Crippen LogP contribution is -2.42. The van der Waals surface area contributed by atoms with Gasteiger partial charge in [-0.15, -0.1) is 0 Å². The molecule has 0 heterocycles. The molecule has 2 atom stereocenters. The molecule has 1 aliphatic rings. The molecule has 0 unspecified atom stereocenters. The monoisotopic (exact) mass is 325 g/mol. The summed E-state index contributed by atoms with van der Waals surface area (Å²) in [6.45, 7) is 1.93. The molecule has 24 heavy (non-hydrogen) atoms. The number of nitrogens with one attached hydrogen (secondary N) is 1. The Morgan fingerprint density at radius 1 is 1.08 bits per heavy atom. The van der Waals surface area contributed by atoms with Gasteiger partial charge in [-0.3, -0.25) is 4.79 Å². The van der Waals surface area contributed by atoms with Gasteiger partial charge in [0.05, 0.1) is 5.56 Å². The van der Waals surface area contributed by atoms with Gasteiger partial charge in [-0.1, -0.05) is 50.1 Å². The summed E-state index contributed by atoms with van der Waals surface area (Å²) in [6.07, 6.45) is 4.52. The second-order valence-electron chi connectivity index (χ2n) is 6.57. The fraction of sp³-hybridized carbons (Fsp3) is 0.400. The summed E-state index contributed by atoms with van der Waals surface area (Å²) in [5.74, 6) is -0.200. The van der Waals surface area contributed by atoms with Crippen molar-refractivity contribution in [2.45, 2.75) is 38.6 Å². The van der Waals surface area contributed by atoms with E-state index < -0.39 is 5.97 Å². The first-order valence-corrected chi connectivity index (χ1v) is 8.59. The highest BCUT2D eigenvalue weighted by molar-refractivity contribution is 5.96. The van der Waals surface area contributed by atoms with Crippen molar-refractivity contribution in [3.63, 3.8) is 0 Å². The van der Waals surface area contributed by atoms with E-state index in [1.807, 2.05) is 30.3 Å². The van der Waals surface area contributed by atoms with Crippen LogP contribution in [0, 0.1) is 5.92 Å². The van der Waals surface area contributed by atoms with Gasteiger partial charge in [0.15, 0.2) is 6.61 Å². The van der Waals surface area contributed by atoms with E-state index in [0.717, 1.165) is 30.0 Å². The zero-order valence-corrected chi connectivity index (χ0v) is 14.0. The molecule has 1 amide bonds. The van der Waals surface area contributed by atoms with Crippen molar-refractivity contribution in [3.05, 3.63) is 48.0 Å². The zero-order valence-electron chi connectivity index (χ0n) is 14.0. The van der Waals surface area contributed by atoms with Crippen LogP contribution in [-0.2, 0) is 9.53 Å². The Morgan fingerprint density at radius 2 is 1.83 bits per heavy atom. The van der Waals surface area contributed by atoms with Crippen molar-refractivity contribution < 1.29 is 14.3 Å². The average Bonchev–Trinajstić information content (AvgIpc) is 2.61. The van der Waals surface area contributed by atoms with Crippen molar-refractivity contribution in [1.29, 1.82) is 0 Å². The number of benzene rings is 2. The van der Waals surface area contributed by atoms with Crippen LogP contribution < -0.4 is 5.32 Å². The molecule has 4 heteroatoms. The van der Waals surface area contributed by atoms with Gasteiger partial charge in [0.2, 0.25) is 0 Å². The highest BCUT2D eigenvalue weighted by atomic mass is 16.5. The van der Waals surface area contributed by atoms with Crippen LogP contribution in [0.1, 0.15) is 43.0 Å². The third-order valence-corrected chi connectivity index (χ3v) is 4.78. The van der Waals surface area contributed by atoms with E-state index in [4.69, 9.17) is 4.74 Å². The molecular weight excluding hydrogens is 302 g/mol. The Bertz CT molecular complexity index is 740. The molecule has 4 nitrogen and oxygen atoms in total. The number of fused-ring (bicyclic) bond motifs is 1. The maximum Gasteiger partial charge on any atom is 0.338 e. The molecule has 1 aliphatic carbocycles. The molecule has 0 spiro atoms. The highest BCUT2D eigenvalue weighted by Crippen LogP contribution is 2.23. The zero-order chi connectivity index (χ0) is 16.9. The molecule has 1 saturated carbocycles. The van der Waals surface area contributed by atoms with Crippen LogP contribution in [-0.4, -0.2) is 24.5 Å². The number of hydrogen-bond donors (Lipinski definition) is 1. The number of hydrogen-bond acceptors (Lipinski definition) is 3. The fourth-order valence-corrected chi connectivity index (χ4v) is 3.31. The van der Waals surface area contributed by atoms with E-state index in [9.17, 15) is 9.59 Å². The Labute approximate surface area is 142 Å². The van der Waals surface area contributed by atoms with Gasteiger partial charge >= 0.3 is 5.97 Å². The second-order valence-corrected chi connectivity index (χ2v) is 6.57. The third kappa shape index (κ3) is 3.94. The smallest absolute Gasteiger partial charge is 0.338 e. The first-order chi connectivity index (χ1) is 11.6. The summed E-state index contributed by atoms with van der Waals surface area (Å²) in [4.78, 5) is 24.2. The maximum absolute atomic E-state index is 12.1. The number of esters is 1. The maximum atomic E-state index is 12.1. The van der Waals surface area contributed by atoms with Gasteiger partial charge in [-0.25, -0.2) is 4.79 Å². The molecular formula is C20H23NO3. The molecule has 126 valence electrons. The van der Waals surface area contributed by atoms with Crippen molar-refractivity contribution in [1.82, 2.24) is 5.32 Å². The number of rotatable bonds is 4. The molecule has 1 N–H and O–H groups in total. The van der Waals surface area contributed by atoms with E-state index in [2.05, 4.69) is 12.2 Å². The van der Waals surface area contributed by atoms with Crippen molar-refractivity contribution in [2.24, 2.45) is 5.92 Å². The standard InChI is InChI=1S/C20H23NO3/c1-14-6-2-5-9-18(14)21-19(22)13-24-20(23)17-11-10-15-7-3-4-8-16(15)12-17/h3-4,7-8,10-12,14,18H,2,5-6,9,13H2,1H3,(H,21,22)/t14-,18+/m1/s1. The first kappa shape index (κ1) is 16.5. The predicted octanol–water partition coefficient (Wildman–Crippen LogP) is 3.69. The van der Waals surface area contributed by atoms with E-state index in [1.54, 1.807) is 12.1 Å². The van der Waals surface area contributed by atoms with Crippen molar-refractivity contribution in [3.8, 4) is 0 Å². The summed E-state index contributed by atoms with van der Waals surface area (Å²) >= 11 is 0. The minimum Gasteiger partial charge on any atom is -0.452 e. The number of amides is 1. The van der Waals surface area contributed by atoms with Gasteiger partial charge < -0.3 is 10.1 Å². The van der Waals surface area contributed by atoms with Gasteiger partial charge in [0, 0.05) is 6.04 Å². The molecule has 0 aliphatic heterocycles. The molecule has 2 aromatic carbocycles. The van der Waals surface area contributed by atoms with Crippen LogP contribution in [0.2, 0.25) is 0 Å². The summed E-state index contributed by atoms with van der Waals surface area (Å²) in [6, 6.07) is 13.4. The van der Waals surface area contributed by atoms with Gasteiger partial charge in [-0.05, 0) is 41.7 Å². The Balaban J connectivity index is 1.55. The van der Waals surface area contributed by atoms with Crippen LogP contribution in [0.25, 0.3) is 10.8 Å².